The summed E-state index contributed by atoms with van der Waals surface area (Å²) in [7, 11) is 3.44. The molecule has 4 rings (SSSR count). The normalized spacial score (nSPS) is 17.4. The molecule has 2 N–H and O–H groups in total. The Bertz CT molecular complexity index is 1230. The number of imidazole rings is 1. The van der Waals surface area contributed by atoms with E-state index in [1.807, 2.05) is 38.5 Å². The van der Waals surface area contributed by atoms with Gasteiger partial charge in [-0.05, 0) is 51.0 Å². The number of carbonyl (C=O) groups is 2. The van der Waals surface area contributed by atoms with Crippen molar-refractivity contribution in [3.05, 3.63) is 53.3 Å². The van der Waals surface area contributed by atoms with Gasteiger partial charge in [-0.1, -0.05) is 19.1 Å². The standard InChI is InChI=1S/C26H32N4O4/c1-6-22-28-19-13-16(24(31)27-17-11-12-34-26(2,3)15-17)14-20(23(19)30(22)4)29-25(32)18-9-7-8-10-21(18)33-5/h7-10,13-14,17H,6,11-12,15H2,1-5H3,(H,27,31)(H,29,32). The maximum absolute atomic E-state index is 13.2. The summed E-state index contributed by atoms with van der Waals surface area (Å²) < 4.78 is 13.1. The Morgan fingerprint density at radius 2 is 2.00 bits per heavy atom. The molecule has 0 bridgehead atoms. The zero-order valence-corrected chi connectivity index (χ0v) is 20.4. The van der Waals surface area contributed by atoms with Crippen molar-refractivity contribution < 1.29 is 19.1 Å². The van der Waals surface area contributed by atoms with Crippen molar-refractivity contribution in [2.75, 3.05) is 19.0 Å². The van der Waals surface area contributed by atoms with E-state index in [4.69, 9.17) is 14.5 Å². The highest BCUT2D eigenvalue weighted by Gasteiger charge is 2.30. The smallest absolute Gasteiger partial charge is 0.259 e. The summed E-state index contributed by atoms with van der Waals surface area (Å²) in [6.07, 6.45) is 2.23. The number of rotatable bonds is 6. The summed E-state index contributed by atoms with van der Waals surface area (Å²) in [5, 5.41) is 6.12. The molecule has 3 aromatic rings. The van der Waals surface area contributed by atoms with Crippen molar-refractivity contribution in [1.29, 1.82) is 0 Å². The number of nitrogens with one attached hydrogen (secondary N) is 2. The van der Waals surface area contributed by atoms with E-state index in [1.54, 1.807) is 30.3 Å². The van der Waals surface area contributed by atoms with Gasteiger partial charge < -0.3 is 24.7 Å². The molecule has 0 saturated carbocycles. The van der Waals surface area contributed by atoms with Gasteiger partial charge in [-0.2, -0.15) is 0 Å². The number of anilines is 1. The van der Waals surface area contributed by atoms with Crippen molar-refractivity contribution >= 4 is 28.5 Å². The molecule has 1 aliphatic heterocycles. The van der Waals surface area contributed by atoms with E-state index in [2.05, 4.69) is 10.6 Å². The third-order valence-corrected chi connectivity index (χ3v) is 6.27. The first-order valence-corrected chi connectivity index (χ1v) is 11.6. The lowest BCUT2D eigenvalue weighted by Crippen LogP contribution is -2.45. The average Bonchev–Trinajstić information content (AvgIpc) is 3.14. The lowest BCUT2D eigenvalue weighted by Gasteiger charge is -2.35. The van der Waals surface area contributed by atoms with Crippen molar-refractivity contribution in [3.63, 3.8) is 0 Å². The van der Waals surface area contributed by atoms with Crippen LogP contribution < -0.4 is 15.4 Å². The molecule has 1 unspecified atom stereocenters. The Balaban J connectivity index is 1.69. The Hall–Kier alpha value is -3.39. The van der Waals surface area contributed by atoms with E-state index in [9.17, 15) is 9.59 Å². The molecule has 1 aromatic heterocycles. The van der Waals surface area contributed by atoms with Crippen LogP contribution in [0.1, 0.15) is 60.2 Å². The minimum absolute atomic E-state index is 0.0218. The van der Waals surface area contributed by atoms with Gasteiger partial charge in [-0.15, -0.1) is 0 Å². The number of nitrogens with zero attached hydrogens (tertiary/aromatic N) is 2. The molecule has 1 atom stereocenters. The van der Waals surface area contributed by atoms with E-state index in [-0.39, 0.29) is 23.5 Å². The summed E-state index contributed by atoms with van der Waals surface area (Å²) in [6, 6.07) is 10.6. The summed E-state index contributed by atoms with van der Waals surface area (Å²) in [4.78, 5) is 31.1. The third-order valence-electron chi connectivity index (χ3n) is 6.27. The SMILES string of the molecule is CCc1nc2cc(C(=O)NC3CCOC(C)(C)C3)cc(NC(=O)c3ccccc3OC)c2n1C. The monoisotopic (exact) mass is 464 g/mol. The quantitative estimate of drug-likeness (QED) is 0.573. The van der Waals surface area contributed by atoms with Crippen LogP contribution in [0.5, 0.6) is 5.75 Å². The average molecular weight is 465 g/mol. The Morgan fingerprint density at radius 3 is 2.71 bits per heavy atom. The van der Waals surface area contributed by atoms with Crippen LogP contribution in [0.3, 0.4) is 0 Å². The highest BCUT2D eigenvalue weighted by atomic mass is 16.5. The lowest BCUT2D eigenvalue weighted by atomic mass is 9.93. The van der Waals surface area contributed by atoms with Gasteiger partial charge in [0.05, 0.1) is 35.0 Å². The molecule has 1 saturated heterocycles. The summed E-state index contributed by atoms with van der Waals surface area (Å²) in [5.41, 5.74) is 2.55. The first-order valence-electron chi connectivity index (χ1n) is 11.6. The largest absolute Gasteiger partial charge is 0.496 e. The molecule has 1 fully saturated rings. The maximum Gasteiger partial charge on any atom is 0.259 e. The third kappa shape index (κ3) is 4.77. The maximum atomic E-state index is 13.2. The molecular formula is C26H32N4O4. The van der Waals surface area contributed by atoms with Crippen LogP contribution in [0.4, 0.5) is 5.69 Å². The molecule has 2 heterocycles. The zero-order valence-electron chi connectivity index (χ0n) is 20.4. The number of carbonyl (C=O) groups excluding carboxylic acids is 2. The fourth-order valence-electron chi connectivity index (χ4n) is 4.59. The summed E-state index contributed by atoms with van der Waals surface area (Å²) in [6.45, 7) is 6.69. The highest BCUT2D eigenvalue weighted by molar-refractivity contribution is 6.11. The van der Waals surface area contributed by atoms with E-state index < -0.39 is 0 Å². The second kappa shape index (κ2) is 9.46. The van der Waals surface area contributed by atoms with E-state index >= 15 is 0 Å². The Morgan fingerprint density at radius 1 is 1.24 bits per heavy atom. The van der Waals surface area contributed by atoms with Crippen molar-refractivity contribution in [2.45, 2.75) is 51.7 Å². The van der Waals surface area contributed by atoms with Gasteiger partial charge >= 0.3 is 0 Å². The van der Waals surface area contributed by atoms with E-state index in [0.717, 1.165) is 30.6 Å². The van der Waals surface area contributed by atoms with Gasteiger partial charge in [0, 0.05) is 31.7 Å². The Kier molecular flexibility index (Phi) is 6.61. The molecule has 0 spiro atoms. The number of hydrogen-bond donors (Lipinski definition) is 2. The van der Waals surface area contributed by atoms with Crippen molar-refractivity contribution in [1.82, 2.24) is 14.9 Å². The fraction of sp³-hybridized carbons (Fsp3) is 0.423. The molecule has 180 valence electrons. The number of para-hydroxylation sites is 1. The van der Waals surface area contributed by atoms with Gasteiger partial charge in [0.25, 0.3) is 11.8 Å². The molecule has 8 heteroatoms. The van der Waals surface area contributed by atoms with Crippen LogP contribution in [0, 0.1) is 0 Å². The molecule has 2 amide bonds. The van der Waals surface area contributed by atoms with Crippen LogP contribution >= 0.6 is 0 Å². The van der Waals surface area contributed by atoms with Crippen LogP contribution in [-0.4, -0.2) is 46.7 Å². The Labute approximate surface area is 199 Å². The van der Waals surface area contributed by atoms with Crippen molar-refractivity contribution in [3.8, 4) is 5.75 Å². The van der Waals surface area contributed by atoms with Gasteiger partial charge in [0.2, 0.25) is 0 Å². The second-order valence-corrected chi connectivity index (χ2v) is 9.26. The van der Waals surface area contributed by atoms with Crippen LogP contribution in [0.15, 0.2) is 36.4 Å². The number of amides is 2. The lowest BCUT2D eigenvalue weighted by molar-refractivity contribution is -0.0615. The number of benzene rings is 2. The highest BCUT2D eigenvalue weighted by Crippen LogP contribution is 2.29. The van der Waals surface area contributed by atoms with Crippen LogP contribution in [0.25, 0.3) is 11.0 Å². The first-order chi connectivity index (χ1) is 16.2. The fourth-order valence-corrected chi connectivity index (χ4v) is 4.59. The van der Waals surface area contributed by atoms with Gasteiger partial charge in [-0.3, -0.25) is 9.59 Å². The predicted molar refractivity (Wildman–Crippen MR) is 132 cm³/mol. The number of ether oxygens (including phenoxy) is 2. The molecule has 2 aromatic carbocycles. The minimum Gasteiger partial charge on any atom is -0.496 e. The van der Waals surface area contributed by atoms with Crippen LogP contribution in [0.2, 0.25) is 0 Å². The molecule has 34 heavy (non-hydrogen) atoms. The van der Waals surface area contributed by atoms with E-state index in [1.165, 1.54) is 7.11 Å². The molecule has 8 nitrogen and oxygen atoms in total. The summed E-state index contributed by atoms with van der Waals surface area (Å²) >= 11 is 0. The minimum atomic E-state index is -0.318. The van der Waals surface area contributed by atoms with Crippen LogP contribution in [-0.2, 0) is 18.2 Å². The van der Waals surface area contributed by atoms with Gasteiger partial charge in [-0.25, -0.2) is 4.98 Å². The predicted octanol–water partition coefficient (Wildman–Crippen LogP) is 4.08. The molecule has 0 radical (unpaired) electrons. The van der Waals surface area contributed by atoms with Crippen molar-refractivity contribution in [2.24, 2.45) is 7.05 Å². The second-order valence-electron chi connectivity index (χ2n) is 9.26. The topological polar surface area (TPSA) is 94.5 Å². The number of hydrogen-bond acceptors (Lipinski definition) is 5. The molecular weight excluding hydrogens is 432 g/mol. The summed E-state index contributed by atoms with van der Waals surface area (Å²) in [5.74, 6) is 0.834. The number of methoxy groups -OCH3 is 1. The number of aryl methyl sites for hydroxylation is 2. The van der Waals surface area contributed by atoms with Gasteiger partial charge in [0.15, 0.2) is 0 Å². The number of fused-ring (bicyclic) bond motifs is 1. The molecule has 1 aliphatic rings. The van der Waals surface area contributed by atoms with Gasteiger partial charge in [0.1, 0.15) is 11.6 Å². The van der Waals surface area contributed by atoms with E-state index in [0.29, 0.717) is 34.7 Å². The first kappa shape index (κ1) is 23.8. The zero-order chi connectivity index (χ0) is 24.5. The molecule has 0 aliphatic carbocycles. The number of aromatic nitrogens is 2.